The maximum atomic E-state index is 11.6. The van der Waals surface area contributed by atoms with Gasteiger partial charge in [-0.05, 0) is 20.3 Å². The minimum atomic E-state index is -0.413. The van der Waals surface area contributed by atoms with Crippen LogP contribution in [-0.4, -0.2) is 23.5 Å². The minimum absolute atomic E-state index is 0.127. The lowest BCUT2D eigenvalue weighted by Crippen LogP contribution is -2.22. The Morgan fingerprint density at radius 2 is 2.06 bits per heavy atom. The number of carbonyl (C=O) groups is 1. The second-order valence-electron chi connectivity index (χ2n) is 4.21. The summed E-state index contributed by atoms with van der Waals surface area (Å²) in [7, 11) is 0. The van der Waals surface area contributed by atoms with Gasteiger partial charge in [0.05, 0.1) is 18.2 Å². The largest absolute Gasteiger partial charge is 0.462 e. The maximum Gasteiger partial charge on any atom is 0.314 e. The van der Waals surface area contributed by atoms with E-state index in [1.807, 2.05) is 13.8 Å². The van der Waals surface area contributed by atoms with E-state index in [-0.39, 0.29) is 12.1 Å². The number of esters is 1. The molecule has 0 aromatic carbocycles. The van der Waals surface area contributed by atoms with Gasteiger partial charge in [-0.15, -0.1) is 5.16 Å². The summed E-state index contributed by atoms with van der Waals surface area (Å²) in [5.41, 5.74) is 0. The third kappa shape index (κ3) is 7.26. The molecule has 4 heteroatoms. The average Bonchev–Trinajstić information content (AvgIpc) is 2.21. The van der Waals surface area contributed by atoms with Crippen LogP contribution in [0.2, 0.25) is 0 Å². The van der Waals surface area contributed by atoms with Crippen molar-refractivity contribution in [1.82, 2.24) is 0 Å². The third-order valence-electron chi connectivity index (χ3n) is 2.27. The lowest BCUT2D eigenvalue weighted by atomic mass is 10.0. The zero-order valence-electron chi connectivity index (χ0n) is 10.5. The Hall–Kier alpha value is -1.06. The Bertz CT molecular complexity index is 214. The van der Waals surface area contributed by atoms with Crippen molar-refractivity contribution >= 4 is 12.2 Å². The first-order valence-corrected chi connectivity index (χ1v) is 5.99. The fourth-order valence-corrected chi connectivity index (χ4v) is 1.44. The molecule has 1 unspecified atom stereocenters. The van der Waals surface area contributed by atoms with E-state index in [1.54, 1.807) is 0 Å². The Labute approximate surface area is 97.7 Å². The lowest BCUT2D eigenvalue weighted by molar-refractivity contribution is -0.150. The predicted octanol–water partition coefficient (Wildman–Crippen LogP) is 2.98. The van der Waals surface area contributed by atoms with Crippen molar-refractivity contribution in [3.63, 3.8) is 0 Å². The summed E-state index contributed by atoms with van der Waals surface area (Å²) in [4.78, 5) is 11.6. The summed E-state index contributed by atoms with van der Waals surface area (Å²) < 4.78 is 5.08. The first kappa shape index (κ1) is 14.9. The fraction of sp³-hybridized carbons (Fsp3) is 0.833. The molecule has 0 bridgehead atoms. The van der Waals surface area contributed by atoms with Gasteiger partial charge >= 0.3 is 5.97 Å². The Morgan fingerprint density at radius 3 is 2.56 bits per heavy atom. The summed E-state index contributed by atoms with van der Waals surface area (Å²) >= 11 is 0. The number of rotatable bonds is 8. The quantitative estimate of drug-likeness (QED) is 0.229. The molecule has 0 radical (unpaired) electrons. The number of nitrogens with zero attached hydrogens (tertiary/aromatic N) is 1. The van der Waals surface area contributed by atoms with Gasteiger partial charge in [-0.1, -0.05) is 32.6 Å². The number of carbonyl (C=O) groups excluding carboxylic acids is 1. The molecule has 0 fully saturated rings. The molecular formula is C12H23NO3. The SMILES string of the molecule is CCCCCCC(/C=N\O)C(=O)OC(C)C. The summed E-state index contributed by atoms with van der Waals surface area (Å²) in [5.74, 6) is -0.714. The lowest BCUT2D eigenvalue weighted by Gasteiger charge is -2.13. The van der Waals surface area contributed by atoms with Crippen molar-refractivity contribution in [3.8, 4) is 0 Å². The third-order valence-corrected chi connectivity index (χ3v) is 2.27. The molecular weight excluding hydrogens is 206 g/mol. The standard InChI is InChI=1S/C12H23NO3/c1-4-5-6-7-8-11(9-13-15)12(14)16-10(2)3/h9-11,15H,4-8H2,1-3H3/b13-9-. The van der Waals surface area contributed by atoms with Gasteiger partial charge in [0.1, 0.15) is 0 Å². The van der Waals surface area contributed by atoms with Crippen LogP contribution in [0.1, 0.15) is 52.9 Å². The molecule has 0 aromatic heterocycles. The van der Waals surface area contributed by atoms with E-state index in [4.69, 9.17) is 9.94 Å². The molecule has 0 spiro atoms. The molecule has 16 heavy (non-hydrogen) atoms. The highest BCUT2D eigenvalue weighted by Gasteiger charge is 2.18. The second-order valence-corrected chi connectivity index (χ2v) is 4.21. The maximum absolute atomic E-state index is 11.6. The van der Waals surface area contributed by atoms with Crippen molar-refractivity contribution in [3.05, 3.63) is 0 Å². The molecule has 0 rings (SSSR count). The van der Waals surface area contributed by atoms with Gasteiger partial charge in [0.25, 0.3) is 0 Å². The molecule has 94 valence electrons. The number of ether oxygens (including phenoxy) is 1. The predicted molar refractivity (Wildman–Crippen MR) is 63.8 cm³/mol. The smallest absolute Gasteiger partial charge is 0.314 e. The van der Waals surface area contributed by atoms with Crippen molar-refractivity contribution in [2.45, 2.75) is 59.0 Å². The van der Waals surface area contributed by atoms with E-state index in [0.717, 1.165) is 19.3 Å². The Kier molecular flexibility index (Phi) is 8.58. The van der Waals surface area contributed by atoms with E-state index in [1.165, 1.54) is 12.6 Å². The average molecular weight is 229 g/mol. The highest BCUT2D eigenvalue weighted by Crippen LogP contribution is 2.12. The molecule has 0 saturated carbocycles. The monoisotopic (exact) mass is 229 g/mol. The van der Waals surface area contributed by atoms with Crippen LogP contribution >= 0.6 is 0 Å². The van der Waals surface area contributed by atoms with E-state index in [2.05, 4.69) is 12.1 Å². The molecule has 0 aliphatic rings. The highest BCUT2D eigenvalue weighted by atomic mass is 16.5. The van der Waals surface area contributed by atoms with Gasteiger partial charge in [0.15, 0.2) is 0 Å². The first-order valence-electron chi connectivity index (χ1n) is 5.99. The normalized spacial score (nSPS) is 13.2. The van der Waals surface area contributed by atoms with Crippen LogP contribution in [0.25, 0.3) is 0 Å². The van der Waals surface area contributed by atoms with Crippen molar-refractivity contribution in [2.75, 3.05) is 0 Å². The van der Waals surface area contributed by atoms with Crippen LogP contribution in [0.15, 0.2) is 5.16 Å². The first-order chi connectivity index (χ1) is 7.61. The van der Waals surface area contributed by atoms with Crippen LogP contribution in [-0.2, 0) is 9.53 Å². The molecule has 0 aliphatic carbocycles. The Balaban J connectivity index is 4.00. The van der Waals surface area contributed by atoms with Gasteiger partial charge in [-0.3, -0.25) is 4.79 Å². The van der Waals surface area contributed by atoms with Crippen LogP contribution < -0.4 is 0 Å². The van der Waals surface area contributed by atoms with Crippen molar-refractivity contribution in [1.29, 1.82) is 0 Å². The molecule has 0 aliphatic heterocycles. The molecule has 4 nitrogen and oxygen atoms in total. The number of hydrogen-bond donors (Lipinski definition) is 1. The van der Waals surface area contributed by atoms with Crippen LogP contribution in [0, 0.1) is 5.92 Å². The molecule has 0 aromatic rings. The van der Waals surface area contributed by atoms with Crippen LogP contribution in [0.5, 0.6) is 0 Å². The van der Waals surface area contributed by atoms with Gasteiger partial charge in [0, 0.05) is 0 Å². The van der Waals surface area contributed by atoms with E-state index >= 15 is 0 Å². The Morgan fingerprint density at radius 1 is 1.38 bits per heavy atom. The van der Waals surface area contributed by atoms with Crippen molar-refractivity contribution < 1.29 is 14.7 Å². The molecule has 1 N–H and O–H groups in total. The van der Waals surface area contributed by atoms with Crippen LogP contribution in [0.3, 0.4) is 0 Å². The number of oxime groups is 1. The summed E-state index contributed by atoms with van der Waals surface area (Å²) in [6.45, 7) is 5.75. The van der Waals surface area contributed by atoms with Crippen molar-refractivity contribution in [2.24, 2.45) is 11.1 Å². The molecule has 1 atom stereocenters. The molecule has 0 saturated heterocycles. The molecule has 0 heterocycles. The van der Waals surface area contributed by atoms with Gasteiger partial charge in [0.2, 0.25) is 0 Å². The van der Waals surface area contributed by atoms with E-state index in [0.29, 0.717) is 6.42 Å². The summed E-state index contributed by atoms with van der Waals surface area (Å²) in [6, 6.07) is 0. The van der Waals surface area contributed by atoms with Gasteiger partial charge in [-0.2, -0.15) is 0 Å². The zero-order chi connectivity index (χ0) is 12.4. The topological polar surface area (TPSA) is 58.9 Å². The van der Waals surface area contributed by atoms with E-state index in [9.17, 15) is 4.79 Å². The second kappa shape index (κ2) is 9.19. The number of hydrogen-bond acceptors (Lipinski definition) is 4. The zero-order valence-corrected chi connectivity index (χ0v) is 10.5. The number of unbranched alkanes of at least 4 members (excludes halogenated alkanes) is 3. The van der Waals surface area contributed by atoms with Gasteiger partial charge < -0.3 is 9.94 Å². The molecule has 0 amide bonds. The summed E-state index contributed by atoms with van der Waals surface area (Å²) in [6.07, 6.45) is 6.21. The minimum Gasteiger partial charge on any atom is -0.462 e. The van der Waals surface area contributed by atoms with E-state index < -0.39 is 5.92 Å². The van der Waals surface area contributed by atoms with Crippen LogP contribution in [0.4, 0.5) is 0 Å². The highest BCUT2D eigenvalue weighted by molar-refractivity contribution is 5.89. The van der Waals surface area contributed by atoms with Gasteiger partial charge in [-0.25, -0.2) is 0 Å². The summed E-state index contributed by atoms with van der Waals surface area (Å²) in [5, 5.41) is 11.4. The fourth-order valence-electron chi connectivity index (χ4n) is 1.44.